The number of nitrogens with one attached hydrogen (secondary N) is 4. The number of benzodiazepines with no additional fused rings is 1. The number of halogens is 4. The predicted molar refractivity (Wildman–Crippen MR) is 184 cm³/mol. The van der Waals surface area contributed by atoms with Crippen LogP contribution in [0.5, 0.6) is 0 Å². The van der Waals surface area contributed by atoms with Gasteiger partial charge in [-0.2, -0.15) is 13.2 Å². The highest BCUT2D eigenvalue weighted by Crippen LogP contribution is 2.40. The van der Waals surface area contributed by atoms with Crippen LogP contribution in [0.25, 0.3) is 0 Å². The minimum Gasteiger partial charge on any atom is -0.467 e. The summed E-state index contributed by atoms with van der Waals surface area (Å²) >= 11 is 0.687. The first-order valence-electron chi connectivity index (χ1n) is 16.5. The summed E-state index contributed by atoms with van der Waals surface area (Å²) in [6.45, 7) is 4.86. The Bertz CT molecular complexity index is 1660. The zero-order valence-electron chi connectivity index (χ0n) is 29.0. The largest absolute Gasteiger partial charge is 0.467 e. The number of rotatable bonds is 14. The number of hydrogen-bond donors (Lipinski definition) is 4. The average molecular weight is 752 g/mol. The van der Waals surface area contributed by atoms with Crippen LogP contribution in [0.15, 0.2) is 53.5 Å². The fourth-order valence-corrected chi connectivity index (χ4v) is 6.26. The van der Waals surface area contributed by atoms with Crippen LogP contribution in [0.1, 0.15) is 64.0 Å². The summed E-state index contributed by atoms with van der Waals surface area (Å²) in [5.74, 6) is -7.48. The molecule has 2 aromatic carbocycles. The maximum absolute atomic E-state index is 14.9. The summed E-state index contributed by atoms with van der Waals surface area (Å²) in [5.41, 5.74) is -0.211. The lowest BCUT2D eigenvalue weighted by Gasteiger charge is -2.27. The van der Waals surface area contributed by atoms with E-state index in [4.69, 9.17) is 9.47 Å². The zero-order chi connectivity index (χ0) is 38.2. The van der Waals surface area contributed by atoms with Gasteiger partial charge in [0.05, 0.1) is 24.4 Å². The Morgan fingerprint density at radius 2 is 1.69 bits per heavy atom. The van der Waals surface area contributed by atoms with Crippen molar-refractivity contribution in [1.82, 2.24) is 15.4 Å². The SMILES string of the molecule is COC(=O)C(CSNC(=O)C(CC1CC1)C(CCC(F)(F)F)C(=O)NC1N=C(c2ccccc2)c2cccc(F)c2NC1=O)NC(=O)OC(C)(C)C. The van der Waals surface area contributed by atoms with Crippen LogP contribution in [0, 0.1) is 23.6 Å². The second-order valence-corrected chi connectivity index (χ2v) is 14.3. The molecule has 0 bridgehead atoms. The van der Waals surface area contributed by atoms with Gasteiger partial charge in [-0.25, -0.2) is 19.0 Å². The topological polar surface area (TPSA) is 164 Å². The van der Waals surface area contributed by atoms with Crippen LogP contribution in [-0.4, -0.2) is 72.3 Å². The van der Waals surface area contributed by atoms with Crippen molar-refractivity contribution in [3.05, 3.63) is 65.5 Å². The Morgan fingerprint density at radius 1 is 1.00 bits per heavy atom. The smallest absolute Gasteiger partial charge is 0.408 e. The third-order valence-corrected chi connectivity index (χ3v) is 8.98. The number of carbonyl (C=O) groups is 5. The highest BCUT2D eigenvalue weighted by Gasteiger charge is 2.42. The van der Waals surface area contributed by atoms with Crippen molar-refractivity contribution in [2.75, 3.05) is 18.2 Å². The number of alkyl carbamates (subject to hydrolysis) is 1. The summed E-state index contributed by atoms with van der Waals surface area (Å²) in [5, 5.41) is 7.22. The van der Waals surface area contributed by atoms with Crippen LogP contribution >= 0.6 is 11.9 Å². The lowest BCUT2D eigenvalue weighted by molar-refractivity contribution is -0.147. The van der Waals surface area contributed by atoms with E-state index in [0.717, 1.165) is 13.2 Å². The third kappa shape index (κ3) is 11.7. The molecule has 4 atom stereocenters. The van der Waals surface area contributed by atoms with E-state index in [-0.39, 0.29) is 35.1 Å². The molecule has 4 amide bonds. The Labute approximate surface area is 302 Å². The minimum absolute atomic E-state index is 0.0278. The van der Waals surface area contributed by atoms with Crippen molar-refractivity contribution >= 4 is 53.1 Å². The van der Waals surface area contributed by atoms with Crippen molar-refractivity contribution in [3.8, 4) is 0 Å². The van der Waals surface area contributed by atoms with Crippen molar-refractivity contribution in [3.63, 3.8) is 0 Å². The highest BCUT2D eigenvalue weighted by atomic mass is 32.2. The van der Waals surface area contributed by atoms with Gasteiger partial charge in [-0.1, -0.05) is 55.3 Å². The van der Waals surface area contributed by atoms with E-state index >= 15 is 0 Å². The van der Waals surface area contributed by atoms with Crippen LogP contribution in [0.2, 0.25) is 0 Å². The molecule has 4 N–H and O–H groups in total. The minimum atomic E-state index is -4.67. The van der Waals surface area contributed by atoms with Gasteiger partial charge in [0.15, 0.2) is 0 Å². The number of benzene rings is 2. The van der Waals surface area contributed by atoms with Crippen molar-refractivity contribution in [1.29, 1.82) is 0 Å². The molecule has 0 aromatic heterocycles. The van der Waals surface area contributed by atoms with Gasteiger partial charge < -0.3 is 25.4 Å². The Kier molecular flexibility index (Phi) is 13.3. The molecule has 4 rings (SSSR count). The molecule has 282 valence electrons. The number of ether oxygens (including phenoxy) is 2. The van der Waals surface area contributed by atoms with Crippen LogP contribution < -0.4 is 20.7 Å². The second-order valence-electron chi connectivity index (χ2n) is 13.5. The van der Waals surface area contributed by atoms with Crippen LogP contribution in [-0.2, 0) is 28.7 Å². The van der Waals surface area contributed by atoms with E-state index in [2.05, 4.69) is 25.7 Å². The van der Waals surface area contributed by atoms with E-state index in [9.17, 15) is 41.5 Å². The molecule has 1 aliphatic carbocycles. The average Bonchev–Trinajstić information content (AvgIpc) is 3.90. The molecule has 1 saturated carbocycles. The van der Waals surface area contributed by atoms with Crippen molar-refractivity contribution in [2.45, 2.75) is 76.9 Å². The number of carbonyl (C=O) groups excluding carboxylic acids is 5. The molecule has 52 heavy (non-hydrogen) atoms. The molecular formula is C35H41F4N5O7S. The van der Waals surface area contributed by atoms with Crippen molar-refractivity contribution < 1.29 is 51.0 Å². The van der Waals surface area contributed by atoms with Gasteiger partial charge in [-0.05, 0) is 57.5 Å². The van der Waals surface area contributed by atoms with Gasteiger partial charge in [-0.15, -0.1) is 0 Å². The fourth-order valence-electron chi connectivity index (χ4n) is 5.50. The number of esters is 1. The van der Waals surface area contributed by atoms with Gasteiger partial charge in [0.1, 0.15) is 17.5 Å². The molecule has 0 saturated heterocycles. The maximum Gasteiger partial charge on any atom is 0.408 e. The Balaban J connectivity index is 1.58. The molecule has 1 heterocycles. The molecule has 12 nitrogen and oxygen atoms in total. The number of methoxy groups -OCH3 is 1. The summed E-state index contributed by atoms with van der Waals surface area (Å²) in [6.07, 6.45) is -7.99. The molecular weight excluding hydrogens is 710 g/mol. The number of amides is 4. The van der Waals surface area contributed by atoms with Gasteiger partial charge in [0.25, 0.3) is 5.91 Å². The molecule has 0 spiro atoms. The Morgan fingerprint density at radius 3 is 2.31 bits per heavy atom. The highest BCUT2D eigenvalue weighted by molar-refractivity contribution is 7.98. The van der Waals surface area contributed by atoms with Gasteiger partial charge in [0.2, 0.25) is 18.0 Å². The van der Waals surface area contributed by atoms with Gasteiger partial charge in [-0.3, -0.25) is 19.1 Å². The van der Waals surface area contributed by atoms with Crippen molar-refractivity contribution in [2.24, 2.45) is 22.7 Å². The quantitative estimate of drug-likeness (QED) is 0.115. The molecule has 2 aliphatic rings. The number of fused-ring (bicyclic) bond motifs is 1. The van der Waals surface area contributed by atoms with E-state index in [0.29, 0.717) is 30.4 Å². The normalized spacial score (nSPS) is 17.6. The number of nitrogens with zero attached hydrogens (tertiary/aromatic N) is 1. The predicted octanol–water partition coefficient (Wildman–Crippen LogP) is 5.26. The number of aliphatic imine (C=N–C) groups is 1. The number of para-hydroxylation sites is 1. The van der Waals surface area contributed by atoms with E-state index in [1.807, 2.05) is 0 Å². The molecule has 2 aromatic rings. The summed E-state index contributed by atoms with van der Waals surface area (Å²) in [7, 11) is 1.10. The van der Waals surface area contributed by atoms with Gasteiger partial charge in [0, 0.05) is 29.2 Å². The van der Waals surface area contributed by atoms with Crippen LogP contribution in [0.4, 0.5) is 28.0 Å². The number of alkyl halides is 3. The lowest BCUT2D eigenvalue weighted by atomic mass is 9.83. The summed E-state index contributed by atoms with van der Waals surface area (Å²) in [4.78, 5) is 70.1. The molecule has 1 aliphatic heterocycles. The summed E-state index contributed by atoms with van der Waals surface area (Å²) < 4.78 is 68.1. The Hall–Kier alpha value is -4.67. The molecule has 1 fully saturated rings. The first-order chi connectivity index (χ1) is 24.5. The van der Waals surface area contributed by atoms with E-state index in [1.54, 1.807) is 51.1 Å². The van der Waals surface area contributed by atoms with Gasteiger partial charge >= 0.3 is 18.2 Å². The summed E-state index contributed by atoms with van der Waals surface area (Å²) in [6, 6.07) is 11.3. The standard InChI is InChI=1S/C35H41F4N5O7S/c1-34(2,3)51-33(49)40-25(32(48)50-4)18-52-44-30(46)23(17-19-13-14-19)21(15-16-35(37,38)39)29(45)43-28-31(47)42-27-22(11-8-12-24(27)36)26(41-28)20-9-6-5-7-10-20/h5-12,19,21,23,25,28H,13-18H2,1-4H3,(H,40,49)(H,42,47)(H,43,45)(H,44,46). The maximum atomic E-state index is 14.9. The van der Waals surface area contributed by atoms with E-state index < -0.39 is 84.3 Å². The number of anilines is 1. The lowest BCUT2D eigenvalue weighted by Crippen LogP contribution is -2.49. The first-order valence-corrected chi connectivity index (χ1v) is 17.5. The second kappa shape index (κ2) is 17.2. The van der Waals surface area contributed by atoms with Crippen LogP contribution in [0.3, 0.4) is 0 Å². The number of hydrogen-bond acceptors (Lipinski definition) is 9. The molecule has 4 unspecified atom stereocenters. The van der Waals surface area contributed by atoms with E-state index in [1.165, 1.54) is 12.1 Å². The molecule has 17 heteroatoms. The zero-order valence-corrected chi connectivity index (χ0v) is 29.8. The third-order valence-electron chi connectivity index (χ3n) is 8.13. The first kappa shape index (κ1) is 40.1. The molecule has 0 radical (unpaired) electrons. The monoisotopic (exact) mass is 751 g/mol. The fraction of sp³-hybridized carbons (Fsp3) is 0.486.